The highest BCUT2D eigenvalue weighted by atomic mass is 16.3. The number of nitrogens with zero attached hydrogens (tertiary/aromatic N) is 2. The fourth-order valence-electron chi connectivity index (χ4n) is 3.70. The minimum absolute atomic E-state index is 0.142. The van der Waals surface area contributed by atoms with Crippen LogP contribution in [-0.4, -0.2) is 53.0 Å². The summed E-state index contributed by atoms with van der Waals surface area (Å²) in [6.07, 6.45) is 1.83. The van der Waals surface area contributed by atoms with E-state index in [4.69, 9.17) is 0 Å². The van der Waals surface area contributed by atoms with E-state index in [1.54, 1.807) is 12.1 Å². The lowest BCUT2D eigenvalue weighted by atomic mass is 10.0. The molecule has 1 aliphatic heterocycles. The molecular formula is C21H23N3O2. The molecule has 5 heteroatoms. The van der Waals surface area contributed by atoms with Crippen LogP contribution >= 0.6 is 0 Å². The van der Waals surface area contributed by atoms with Crippen LogP contribution in [0.5, 0.6) is 5.75 Å². The number of phenols is 1. The Hall–Kier alpha value is -2.79. The van der Waals surface area contributed by atoms with Crippen LogP contribution in [0.25, 0.3) is 10.9 Å². The van der Waals surface area contributed by atoms with E-state index in [0.29, 0.717) is 0 Å². The molecule has 1 atom stereocenters. The second-order valence-electron chi connectivity index (χ2n) is 6.83. The molecule has 134 valence electrons. The standard InChI is InChI=1S/C21H23N3O2/c1-15(21(26)19-14-22-20-5-3-2-4-18(19)20)23-10-12-24(13-11-23)16-6-8-17(25)9-7-16/h2-9,14-15,22,25H,10-13H2,1H3/t15-/m0/s1. The minimum atomic E-state index is -0.142. The summed E-state index contributed by atoms with van der Waals surface area (Å²) in [6, 6.07) is 15.1. The number of carbonyl (C=O) groups is 1. The Morgan fingerprint density at radius 3 is 2.46 bits per heavy atom. The number of piperazine rings is 1. The number of aromatic amines is 1. The highest BCUT2D eigenvalue weighted by Crippen LogP contribution is 2.23. The van der Waals surface area contributed by atoms with E-state index in [9.17, 15) is 9.90 Å². The van der Waals surface area contributed by atoms with E-state index in [1.165, 1.54) is 0 Å². The molecule has 1 saturated heterocycles. The molecule has 26 heavy (non-hydrogen) atoms. The maximum absolute atomic E-state index is 13.0. The first kappa shape index (κ1) is 16.7. The Labute approximate surface area is 152 Å². The van der Waals surface area contributed by atoms with Crippen molar-refractivity contribution in [1.29, 1.82) is 0 Å². The van der Waals surface area contributed by atoms with Gasteiger partial charge in [-0.05, 0) is 37.3 Å². The molecular weight excluding hydrogens is 326 g/mol. The largest absolute Gasteiger partial charge is 0.508 e. The summed E-state index contributed by atoms with van der Waals surface area (Å²) in [6.45, 7) is 5.43. The number of carbonyl (C=O) groups excluding carboxylic acids is 1. The fraction of sp³-hybridized carbons (Fsp3) is 0.286. The van der Waals surface area contributed by atoms with Crippen LogP contribution in [0.4, 0.5) is 5.69 Å². The van der Waals surface area contributed by atoms with Crippen molar-refractivity contribution in [2.24, 2.45) is 0 Å². The van der Waals surface area contributed by atoms with Crippen molar-refractivity contribution in [3.05, 3.63) is 60.3 Å². The Morgan fingerprint density at radius 2 is 1.73 bits per heavy atom. The third-order valence-corrected chi connectivity index (χ3v) is 5.31. The minimum Gasteiger partial charge on any atom is -0.508 e. The summed E-state index contributed by atoms with van der Waals surface area (Å²) in [5.74, 6) is 0.450. The van der Waals surface area contributed by atoms with Crippen LogP contribution in [0, 0.1) is 0 Å². The lowest BCUT2D eigenvalue weighted by molar-refractivity contribution is 0.0831. The van der Waals surface area contributed by atoms with Gasteiger partial charge < -0.3 is 15.0 Å². The summed E-state index contributed by atoms with van der Waals surface area (Å²) >= 11 is 0. The smallest absolute Gasteiger partial charge is 0.181 e. The SMILES string of the molecule is C[C@@H](C(=O)c1c[nH]c2ccccc12)N1CCN(c2ccc(O)cc2)CC1. The van der Waals surface area contributed by atoms with E-state index in [0.717, 1.165) is 48.3 Å². The molecule has 2 N–H and O–H groups in total. The van der Waals surface area contributed by atoms with Crippen molar-refractivity contribution >= 4 is 22.4 Å². The maximum atomic E-state index is 13.0. The van der Waals surface area contributed by atoms with Crippen LogP contribution in [0.15, 0.2) is 54.7 Å². The summed E-state index contributed by atoms with van der Waals surface area (Å²) in [7, 11) is 0. The van der Waals surface area contributed by atoms with Gasteiger partial charge in [-0.15, -0.1) is 0 Å². The predicted molar refractivity (Wildman–Crippen MR) is 104 cm³/mol. The number of phenolic OH excluding ortho intramolecular Hbond substituents is 1. The fourth-order valence-corrected chi connectivity index (χ4v) is 3.70. The Bertz CT molecular complexity index is 908. The molecule has 2 aromatic carbocycles. The number of benzene rings is 2. The van der Waals surface area contributed by atoms with Crippen molar-refractivity contribution in [3.8, 4) is 5.75 Å². The van der Waals surface area contributed by atoms with Crippen LogP contribution in [-0.2, 0) is 0 Å². The molecule has 0 amide bonds. The second-order valence-corrected chi connectivity index (χ2v) is 6.83. The number of aromatic nitrogens is 1. The van der Waals surface area contributed by atoms with E-state index in [1.807, 2.05) is 49.5 Å². The molecule has 1 aromatic heterocycles. The summed E-state index contributed by atoms with van der Waals surface area (Å²) in [4.78, 5) is 20.7. The van der Waals surface area contributed by atoms with Gasteiger partial charge in [0.15, 0.2) is 5.78 Å². The molecule has 2 heterocycles. The second kappa shape index (κ2) is 6.84. The van der Waals surface area contributed by atoms with Crippen LogP contribution in [0.3, 0.4) is 0 Å². The van der Waals surface area contributed by atoms with Gasteiger partial charge in [0.05, 0.1) is 6.04 Å². The van der Waals surface area contributed by atoms with Gasteiger partial charge in [-0.3, -0.25) is 9.69 Å². The van der Waals surface area contributed by atoms with Crippen LogP contribution in [0.1, 0.15) is 17.3 Å². The topological polar surface area (TPSA) is 59.6 Å². The van der Waals surface area contributed by atoms with Crippen molar-refractivity contribution < 1.29 is 9.90 Å². The van der Waals surface area contributed by atoms with Gasteiger partial charge in [-0.25, -0.2) is 0 Å². The quantitative estimate of drug-likeness (QED) is 0.710. The van der Waals surface area contributed by atoms with Crippen molar-refractivity contribution in [1.82, 2.24) is 9.88 Å². The van der Waals surface area contributed by atoms with Gasteiger partial charge in [-0.2, -0.15) is 0 Å². The lowest BCUT2D eigenvalue weighted by Gasteiger charge is -2.38. The van der Waals surface area contributed by atoms with Gasteiger partial charge in [-0.1, -0.05) is 18.2 Å². The van der Waals surface area contributed by atoms with Crippen LogP contribution < -0.4 is 4.90 Å². The van der Waals surface area contributed by atoms with E-state index in [-0.39, 0.29) is 17.6 Å². The zero-order valence-corrected chi connectivity index (χ0v) is 14.9. The van der Waals surface area contributed by atoms with E-state index >= 15 is 0 Å². The number of rotatable bonds is 4. The third-order valence-electron chi connectivity index (χ3n) is 5.31. The number of hydrogen-bond donors (Lipinski definition) is 2. The third kappa shape index (κ3) is 3.06. The highest BCUT2D eigenvalue weighted by molar-refractivity contribution is 6.10. The zero-order chi connectivity index (χ0) is 18.1. The summed E-state index contributed by atoms with van der Waals surface area (Å²) in [5, 5.41) is 10.4. The normalized spacial score (nSPS) is 16.7. The molecule has 1 fully saturated rings. The molecule has 5 nitrogen and oxygen atoms in total. The first-order valence-electron chi connectivity index (χ1n) is 9.02. The molecule has 0 unspecified atom stereocenters. The van der Waals surface area contributed by atoms with Crippen molar-refractivity contribution in [2.45, 2.75) is 13.0 Å². The number of fused-ring (bicyclic) bond motifs is 1. The van der Waals surface area contributed by atoms with Crippen LogP contribution in [0.2, 0.25) is 0 Å². The molecule has 4 rings (SSSR count). The van der Waals surface area contributed by atoms with E-state index in [2.05, 4.69) is 14.8 Å². The molecule has 0 spiro atoms. The number of nitrogens with one attached hydrogen (secondary N) is 1. The Balaban J connectivity index is 1.44. The number of Topliss-reactive ketones (excluding diaryl/α,β-unsaturated/α-hetero) is 1. The summed E-state index contributed by atoms with van der Waals surface area (Å²) < 4.78 is 0. The number of para-hydroxylation sites is 1. The molecule has 1 aliphatic rings. The molecule has 0 aliphatic carbocycles. The Morgan fingerprint density at radius 1 is 1.04 bits per heavy atom. The zero-order valence-electron chi connectivity index (χ0n) is 14.9. The molecule has 0 saturated carbocycles. The van der Waals surface area contributed by atoms with Gasteiger partial charge >= 0.3 is 0 Å². The number of ketones is 1. The molecule has 3 aromatic rings. The number of aromatic hydroxyl groups is 1. The average molecular weight is 349 g/mol. The van der Waals surface area contributed by atoms with Crippen molar-refractivity contribution in [2.75, 3.05) is 31.1 Å². The predicted octanol–water partition coefficient (Wildman–Crippen LogP) is 3.27. The maximum Gasteiger partial charge on any atom is 0.181 e. The van der Waals surface area contributed by atoms with Gasteiger partial charge in [0.2, 0.25) is 0 Å². The van der Waals surface area contributed by atoms with Gasteiger partial charge in [0.1, 0.15) is 5.75 Å². The van der Waals surface area contributed by atoms with Gasteiger partial charge in [0.25, 0.3) is 0 Å². The average Bonchev–Trinajstić information content (AvgIpc) is 3.12. The monoisotopic (exact) mass is 349 g/mol. The van der Waals surface area contributed by atoms with Gasteiger partial charge in [0, 0.05) is 54.5 Å². The first-order valence-corrected chi connectivity index (χ1v) is 9.02. The molecule has 0 bridgehead atoms. The molecule has 0 radical (unpaired) electrons. The highest BCUT2D eigenvalue weighted by Gasteiger charge is 2.27. The van der Waals surface area contributed by atoms with Crippen molar-refractivity contribution in [3.63, 3.8) is 0 Å². The number of hydrogen-bond acceptors (Lipinski definition) is 4. The number of anilines is 1. The van der Waals surface area contributed by atoms with E-state index < -0.39 is 0 Å². The Kier molecular flexibility index (Phi) is 4.39. The lowest BCUT2D eigenvalue weighted by Crippen LogP contribution is -2.51. The first-order chi connectivity index (χ1) is 12.6. The summed E-state index contributed by atoms with van der Waals surface area (Å²) in [5.41, 5.74) is 2.88. The number of H-pyrrole nitrogens is 1.